The van der Waals surface area contributed by atoms with E-state index in [0.29, 0.717) is 30.1 Å². The van der Waals surface area contributed by atoms with Gasteiger partial charge in [-0.2, -0.15) is 0 Å². The molecule has 1 atom stereocenters. The highest BCUT2D eigenvalue weighted by molar-refractivity contribution is 6.30. The highest BCUT2D eigenvalue weighted by Crippen LogP contribution is 2.41. The Morgan fingerprint density at radius 2 is 2.00 bits per heavy atom. The Morgan fingerprint density at radius 1 is 1.19 bits per heavy atom. The normalized spacial score (nSPS) is 18.8. The average molecular weight is 373 g/mol. The van der Waals surface area contributed by atoms with E-state index < -0.39 is 5.82 Å². The molecular weight excluding hydrogens is 351 g/mol. The first kappa shape index (κ1) is 17.5. The van der Waals surface area contributed by atoms with E-state index in [2.05, 4.69) is 34.5 Å². The molecule has 136 valence electrons. The van der Waals surface area contributed by atoms with Gasteiger partial charge >= 0.3 is 0 Å². The van der Waals surface area contributed by atoms with E-state index in [1.807, 2.05) is 0 Å². The topological polar surface area (TPSA) is 32.3 Å². The molecule has 1 N–H and O–H groups in total. The van der Waals surface area contributed by atoms with E-state index in [1.165, 1.54) is 36.1 Å². The van der Waals surface area contributed by atoms with Gasteiger partial charge in [0.2, 0.25) is 5.91 Å². The van der Waals surface area contributed by atoms with Gasteiger partial charge in [-0.15, -0.1) is 0 Å². The standard InChI is InChI=1S/C21H22ClFN2O/c22-15-6-9-19(18(23)13-15)24-21(26)11-12-25(16-7-8-16)20-10-5-14-3-1-2-4-17(14)20/h1-4,6,9,13,16,20H,5,7-8,10-12H2,(H,24,26). The van der Waals surface area contributed by atoms with E-state index >= 15 is 0 Å². The van der Waals surface area contributed by atoms with Crippen LogP contribution in [0.3, 0.4) is 0 Å². The lowest BCUT2D eigenvalue weighted by molar-refractivity contribution is -0.116. The molecule has 3 nitrogen and oxygen atoms in total. The third-order valence-corrected chi connectivity index (χ3v) is 5.55. The van der Waals surface area contributed by atoms with Crippen molar-refractivity contribution in [2.75, 3.05) is 11.9 Å². The fraction of sp³-hybridized carbons (Fsp3) is 0.381. The number of amides is 1. The van der Waals surface area contributed by atoms with Crippen molar-refractivity contribution in [1.82, 2.24) is 4.90 Å². The number of aryl methyl sites for hydroxylation is 1. The van der Waals surface area contributed by atoms with Crippen LogP contribution in [-0.2, 0) is 11.2 Å². The van der Waals surface area contributed by atoms with Crippen molar-refractivity contribution in [1.29, 1.82) is 0 Å². The van der Waals surface area contributed by atoms with Crippen molar-refractivity contribution < 1.29 is 9.18 Å². The van der Waals surface area contributed by atoms with Gasteiger partial charge in [0, 0.05) is 30.1 Å². The quantitative estimate of drug-likeness (QED) is 0.777. The van der Waals surface area contributed by atoms with Crippen molar-refractivity contribution >= 4 is 23.2 Å². The average Bonchev–Trinajstić information content (AvgIpc) is 3.37. The number of fused-ring (bicyclic) bond motifs is 1. The highest BCUT2D eigenvalue weighted by atomic mass is 35.5. The maximum Gasteiger partial charge on any atom is 0.225 e. The Bertz CT molecular complexity index is 821. The van der Waals surface area contributed by atoms with Crippen LogP contribution in [0.5, 0.6) is 0 Å². The predicted octanol–water partition coefficient (Wildman–Crippen LogP) is 4.96. The van der Waals surface area contributed by atoms with Crippen LogP contribution in [0, 0.1) is 5.82 Å². The Morgan fingerprint density at radius 3 is 2.77 bits per heavy atom. The molecule has 0 saturated heterocycles. The number of nitrogens with zero attached hydrogens (tertiary/aromatic N) is 1. The minimum atomic E-state index is -0.505. The zero-order chi connectivity index (χ0) is 18.1. The summed E-state index contributed by atoms with van der Waals surface area (Å²) < 4.78 is 13.8. The largest absolute Gasteiger partial charge is 0.324 e. The van der Waals surface area contributed by atoms with Crippen molar-refractivity contribution in [3.8, 4) is 0 Å². The monoisotopic (exact) mass is 372 g/mol. The van der Waals surface area contributed by atoms with Crippen LogP contribution >= 0.6 is 11.6 Å². The summed E-state index contributed by atoms with van der Waals surface area (Å²) in [6, 6.07) is 13.9. The first-order chi connectivity index (χ1) is 12.6. The maximum absolute atomic E-state index is 13.8. The number of rotatable bonds is 6. The van der Waals surface area contributed by atoms with E-state index in [9.17, 15) is 9.18 Å². The van der Waals surface area contributed by atoms with E-state index in [0.717, 1.165) is 12.8 Å². The summed E-state index contributed by atoms with van der Waals surface area (Å²) in [6.45, 7) is 0.699. The number of nitrogens with one attached hydrogen (secondary N) is 1. The fourth-order valence-corrected chi connectivity index (χ4v) is 4.07. The van der Waals surface area contributed by atoms with Gasteiger partial charge in [-0.05, 0) is 55.0 Å². The van der Waals surface area contributed by atoms with Crippen LogP contribution in [0.4, 0.5) is 10.1 Å². The summed E-state index contributed by atoms with van der Waals surface area (Å²) in [5.41, 5.74) is 3.02. The summed E-state index contributed by atoms with van der Waals surface area (Å²) in [5.74, 6) is -0.669. The second-order valence-electron chi connectivity index (χ2n) is 7.14. The molecule has 0 heterocycles. The molecule has 2 aliphatic carbocycles. The molecule has 2 aromatic rings. The Balaban J connectivity index is 1.40. The lowest BCUT2D eigenvalue weighted by atomic mass is 10.1. The molecule has 0 aromatic heterocycles. The number of anilines is 1. The molecule has 4 rings (SSSR count). The van der Waals surface area contributed by atoms with Gasteiger partial charge in [0.1, 0.15) is 5.82 Å². The van der Waals surface area contributed by atoms with Gasteiger partial charge in [-0.1, -0.05) is 35.9 Å². The number of hydrogen-bond donors (Lipinski definition) is 1. The van der Waals surface area contributed by atoms with Crippen LogP contribution in [0.15, 0.2) is 42.5 Å². The second kappa shape index (κ2) is 7.37. The molecule has 0 bridgehead atoms. The molecule has 1 unspecified atom stereocenters. The molecule has 1 amide bonds. The molecule has 5 heteroatoms. The van der Waals surface area contributed by atoms with Crippen molar-refractivity contribution in [3.05, 3.63) is 64.4 Å². The number of carbonyl (C=O) groups is 1. The molecule has 26 heavy (non-hydrogen) atoms. The van der Waals surface area contributed by atoms with Gasteiger partial charge in [0.15, 0.2) is 0 Å². The number of hydrogen-bond acceptors (Lipinski definition) is 2. The molecule has 0 spiro atoms. The summed E-state index contributed by atoms with van der Waals surface area (Å²) in [5, 5.41) is 2.98. The predicted molar refractivity (Wildman–Crippen MR) is 102 cm³/mol. The minimum absolute atomic E-state index is 0.164. The third-order valence-electron chi connectivity index (χ3n) is 5.32. The Kier molecular flexibility index (Phi) is 4.96. The Labute approximate surface area is 158 Å². The Hall–Kier alpha value is -1.91. The van der Waals surface area contributed by atoms with Crippen molar-refractivity contribution in [3.63, 3.8) is 0 Å². The van der Waals surface area contributed by atoms with Gasteiger partial charge in [-0.25, -0.2) is 4.39 Å². The number of benzene rings is 2. The summed E-state index contributed by atoms with van der Waals surface area (Å²) >= 11 is 5.75. The number of halogens is 2. The summed E-state index contributed by atoms with van der Waals surface area (Å²) in [7, 11) is 0. The van der Waals surface area contributed by atoms with Crippen LogP contribution in [0.2, 0.25) is 5.02 Å². The first-order valence-electron chi connectivity index (χ1n) is 9.20. The van der Waals surface area contributed by atoms with Crippen LogP contribution in [0.25, 0.3) is 0 Å². The first-order valence-corrected chi connectivity index (χ1v) is 9.58. The van der Waals surface area contributed by atoms with E-state index in [1.54, 1.807) is 6.07 Å². The zero-order valence-corrected chi connectivity index (χ0v) is 15.3. The van der Waals surface area contributed by atoms with Gasteiger partial charge < -0.3 is 5.32 Å². The van der Waals surface area contributed by atoms with Gasteiger partial charge in [-0.3, -0.25) is 9.69 Å². The summed E-state index contributed by atoms with van der Waals surface area (Å²) in [4.78, 5) is 14.8. The molecule has 0 radical (unpaired) electrons. The van der Waals surface area contributed by atoms with Crippen LogP contribution in [0.1, 0.15) is 42.9 Å². The number of carbonyl (C=O) groups excluding carboxylic acids is 1. The fourth-order valence-electron chi connectivity index (χ4n) is 3.91. The zero-order valence-electron chi connectivity index (χ0n) is 14.6. The van der Waals surface area contributed by atoms with Crippen LogP contribution in [-0.4, -0.2) is 23.4 Å². The molecule has 0 aliphatic heterocycles. The molecule has 1 saturated carbocycles. The van der Waals surface area contributed by atoms with E-state index in [-0.39, 0.29) is 11.6 Å². The van der Waals surface area contributed by atoms with Crippen molar-refractivity contribution in [2.24, 2.45) is 0 Å². The van der Waals surface area contributed by atoms with E-state index in [4.69, 9.17) is 11.6 Å². The van der Waals surface area contributed by atoms with Gasteiger partial charge in [0.05, 0.1) is 5.69 Å². The maximum atomic E-state index is 13.8. The second-order valence-corrected chi connectivity index (χ2v) is 7.58. The molecular formula is C21H22ClFN2O. The SMILES string of the molecule is O=C(CCN(C1CC1)C1CCc2ccccc21)Nc1ccc(Cl)cc1F. The summed E-state index contributed by atoms with van der Waals surface area (Å²) in [6.07, 6.45) is 4.98. The lowest BCUT2D eigenvalue weighted by Crippen LogP contribution is -2.33. The lowest BCUT2D eigenvalue weighted by Gasteiger charge is -2.29. The third kappa shape index (κ3) is 3.76. The highest BCUT2D eigenvalue weighted by Gasteiger charge is 2.37. The minimum Gasteiger partial charge on any atom is -0.324 e. The van der Waals surface area contributed by atoms with Crippen LogP contribution < -0.4 is 5.32 Å². The smallest absolute Gasteiger partial charge is 0.225 e. The molecule has 2 aliphatic rings. The van der Waals surface area contributed by atoms with Crippen molar-refractivity contribution in [2.45, 2.75) is 44.2 Å². The molecule has 2 aromatic carbocycles. The molecule has 1 fully saturated rings. The van der Waals surface area contributed by atoms with Gasteiger partial charge in [0.25, 0.3) is 0 Å².